The van der Waals surface area contributed by atoms with Gasteiger partial charge in [-0.1, -0.05) is 41.9 Å². The highest BCUT2D eigenvalue weighted by Gasteiger charge is 2.35. The van der Waals surface area contributed by atoms with Crippen LogP contribution in [0, 0.1) is 0 Å². The van der Waals surface area contributed by atoms with Crippen LogP contribution in [0.4, 0.5) is 5.69 Å². The first-order chi connectivity index (χ1) is 13.0. The number of rotatable bonds is 4. The molecule has 0 spiro atoms. The van der Waals surface area contributed by atoms with Crippen molar-refractivity contribution in [2.75, 3.05) is 5.01 Å². The molecule has 3 rings (SSSR count). The van der Waals surface area contributed by atoms with Crippen LogP contribution in [0.5, 0.6) is 0 Å². The number of amides is 3. The number of hydrogen-bond acceptors (Lipinski definition) is 5. The Hall–Kier alpha value is -3.39. The molecule has 3 amide bonds. The average Bonchev–Trinajstić information content (AvgIpc) is 3.13. The molecule has 27 heavy (non-hydrogen) atoms. The van der Waals surface area contributed by atoms with Crippen molar-refractivity contribution in [1.29, 1.82) is 0 Å². The van der Waals surface area contributed by atoms with Gasteiger partial charge in [-0.2, -0.15) is 5.10 Å². The smallest absolute Gasteiger partial charge is 0.285 e. The quantitative estimate of drug-likeness (QED) is 0.686. The molecule has 1 heterocycles. The normalized spacial score (nSPS) is 15.8. The van der Waals surface area contributed by atoms with E-state index in [0.717, 1.165) is 0 Å². The summed E-state index contributed by atoms with van der Waals surface area (Å²) >= 11 is 5.95. The maximum absolute atomic E-state index is 12.3. The molecule has 138 valence electrons. The molecule has 2 aromatic carbocycles. The molecule has 0 fully saturated rings. The monoisotopic (exact) mass is 385 g/mol. The fourth-order valence-corrected chi connectivity index (χ4v) is 2.81. The summed E-state index contributed by atoms with van der Waals surface area (Å²) in [5.74, 6) is -1.82. The van der Waals surface area contributed by atoms with Gasteiger partial charge in [0.2, 0.25) is 5.91 Å². The first-order valence-electron chi connectivity index (χ1n) is 8.03. The lowest BCUT2D eigenvalue weighted by Gasteiger charge is -2.20. The van der Waals surface area contributed by atoms with Gasteiger partial charge in [0.1, 0.15) is 11.8 Å². The van der Waals surface area contributed by atoms with Crippen LogP contribution in [0.3, 0.4) is 0 Å². The zero-order chi connectivity index (χ0) is 19.4. The Morgan fingerprint density at radius 3 is 2.30 bits per heavy atom. The Kier molecular flexibility index (Phi) is 5.37. The Morgan fingerprint density at radius 1 is 1.00 bits per heavy atom. The molecule has 9 heteroatoms. The summed E-state index contributed by atoms with van der Waals surface area (Å²) < 4.78 is 0. The van der Waals surface area contributed by atoms with Gasteiger partial charge in [0.25, 0.3) is 11.8 Å². The molecular weight excluding hydrogens is 370 g/mol. The number of nitrogens with two attached hydrogens (primary N) is 1. The third kappa shape index (κ3) is 4.06. The Labute approximate surface area is 159 Å². The molecule has 1 atom stereocenters. The van der Waals surface area contributed by atoms with Crippen LogP contribution >= 0.6 is 11.6 Å². The van der Waals surface area contributed by atoms with Gasteiger partial charge in [-0.25, -0.2) is 0 Å². The molecule has 0 radical (unpaired) electrons. The predicted molar refractivity (Wildman–Crippen MR) is 101 cm³/mol. The number of nitrogens with one attached hydrogen (secondary N) is 2. The van der Waals surface area contributed by atoms with Gasteiger partial charge in [0, 0.05) is 6.42 Å². The highest BCUT2D eigenvalue weighted by Crippen LogP contribution is 2.24. The highest BCUT2D eigenvalue weighted by atomic mass is 35.5. The van der Waals surface area contributed by atoms with Crippen molar-refractivity contribution in [2.45, 2.75) is 12.5 Å². The molecule has 0 saturated heterocycles. The Bertz CT molecular complexity index is 916. The van der Waals surface area contributed by atoms with Crippen LogP contribution in [-0.4, -0.2) is 29.5 Å². The van der Waals surface area contributed by atoms with Crippen LogP contribution in [0.25, 0.3) is 0 Å². The molecule has 1 aliphatic heterocycles. The number of para-hydroxylation sites is 1. The maximum atomic E-state index is 12.3. The van der Waals surface area contributed by atoms with E-state index in [4.69, 9.17) is 17.3 Å². The highest BCUT2D eigenvalue weighted by molar-refractivity contribution is 6.40. The van der Waals surface area contributed by atoms with Crippen molar-refractivity contribution in [3.05, 3.63) is 65.2 Å². The molecule has 0 bridgehead atoms. The van der Waals surface area contributed by atoms with E-state index in [1.165, 1.54) is 11.1 Å². The van der Waals surface area contributed by atoms with Crippen molar-refractivity contribution in [2.24, 2.45) is 10.8 Å². The van der Waals surface area contributed by atoms with E-state index in [2.05, 4.69) is 16.0 Å². The zero-order valence-electron chi connectivity index (χ0n) is 14.1. The Morgan fingerprint density at radius 2 is 1.63 bits per heavy atom. The van der Waals surface area contributed by atoms with Crippen molar-refractivity contribution in [3.8, 4) is 0 Å². The lowest BCUT2D eigenvalue weighted by atomic mass is 10.1. The van der Waals surface area contributed by atoms with Crippen molar-refractivity contribution in [1.82, 2.24) is 10.9 Å². The van der Waals surface area contributed by atoms with Crippen molar-refractivity contribution >= 4 is 40.7 Å². The van der Waals surface area contributed by atoms with Crippen molar-refractivity contribution in [3.63, 3.8) is 0 Å². The van der Waals surface area contributed by atoms with Gasteiger partial charge >= 0.3 is 0 Å². The standard InChI is InChI=1S/C18H16ClN5O3/c19-13-9-5-4-8-12(13)17(26)21-22-18(27)14-10-15(16(20)25)24(23-14)11-6-2-1-3-7-11/h1-9,15H,10H2,(H2,20,25)(H,21,26)(H,22,27)/t15-/m1/s1. The van der Waals surface area contributed by atoms with Crippen LogP contribution < -0.4 is 21.6 Å². The SMILES string of the molecule is NC(=O)[C@H]1CC(C(=O)NNC(=O)c2ccccc2Cl)=NN1c1ccccc1. The molecular formula is C18H16ClN5O3. The minimum atomic E-state index is -0.785. The molecule has 0 aromatic heterocycles. The lowest BCUT2D eigenvalue weighted by Crippen LogP contribution is -2.45. The summed E-state index contributed by atoms with van der Waals surface area (Å²) in [4.78, 5) is 36.2. The third-order valence-electron chi connectivity index (χ3n) is 3.93. The second-order valence-electron chi connectivity index (χ2n) is 5.74. The number of benzene rings is 2. The Balaban J connectivity index is 1.70. The number of primary amides is 1. The molecule has 0 aliphatic carbocycles. The maximum Gasteiger partial charge on any atom is 0.285 e. The van der Waals surface area contributed by atoms with Crippen LogP contribution in [-0.2, 0) is 9.59 Å². The lowest BCUT2D eigenvalue weighted by molar-refractivity contribution is -0.119. The first-order valence-corrected chi connectivity index (χ1v) is 8.41. The number of hydrogen-bond donors (Lipinski definition) is 3. The number of hydrazone groups is 1. The summed E-state index contributed by atoms with van der Waals surface area (Å²) in [7, 11) is 0. The molecule has 2 aromatic rings. The van der Waals surface area contributed by atoms with Gasteiger partial charge in [-0.3, -0.25) is 30.2 Å². The van der Waals surface area contributed by atoms with E-state index in [9.17, 15) is 14.4 Å². The van der Waals surface area contributed by atoms with E-state index in [-0.39, 0.29) is 22.7 Å². The fraction of sp³-hybridized carbons (Fsp3) is 0.111. The van der Waals surface area contributed by atoms with E-state index in [0.29, 0.717) is 5.69 Å². The van der Waals surface area contributed by atoms with Crippen LogP contribution in [0.15, 0.2) is 59.7 Å². The van der Waals surface area contributed by atoms with Crippen LogP contribution in [0.2, 0.25) is 5.02 Å². The van der Waals surface area contributed by atoms with Gasteiger partial charge in [-0.15, -0.1) is 0 Å². The van der Waals surface area contributed by atoms with Gasteiger partial charge in [0.15, 0.2) is 0 Å². The van der Waals surface area contributed by atoms with Gasteiger partial charge in [-0.05, 0) is 24.3 Å². The van der Waals surface area contributed by atoms with Crippen LogP contribution in [0.1, 0.15) is 16.8 Å². The minimum Gasteiger partial charge on any atom is -0.368 e. The average molecular weight is 386 g/mol. The zero-order valence-corrected chi connectivity index (χ0v) is 14.8. The molecule has 8 nitrogen and oxygen atoms in total. The third-order valence-corrected chi connectivity index (χ3v) is 4.26. The minimum absolute atomic E-state index is 0.0258. The second kappa shape index (κ2) is 7.88. The summed E-state index contributed by atoms with van der Waals surface area (Å²) in [6.07, 6.45) is 0.0258. The van der Waals surface area contributed by atoms with Crippen molar-refractivity contribution < 1.29 is 14.4 Å². The molecule has 0 unspecified atom stereocenters. The number of carbonyl (C=O) groups excluding carboxylic acids is 3. The van der Waals surface area contributed by atoms with Gasteiger partial charge in [0.05, 0.1) is 16.3 Å². The summed E-state index contributed by atoms with van der Waals surface area (Å²) in [6.45, 7) is 0. The van der Waals surface area contributed by atoms with E-state index < -0.39 is 23.8 Å². The van der Waals surface area contributed by atoms with E-state index in [1.54, 1.807) is 42.5 Å². The topological polar surface area (TPSA) is 117 Å². The molecule has 0 saturated carbocycles. The molecule has 1 aliphatic rings. The number of anilines is 1. The number of carbonyl (C=O) groups is 3. The predicted octanol–water partition coefficient (Wildman–Crippen LogP) is 1.22. The largest absolute Gasteiger partial charge is 0.368 e. The van der Waals surface area contributed by atoms with Gasteiger partial charge < -0.3 is 5.73 Å². The van der Waals surface area contributed by atoms with E-state index in [1.807, 2.05) is 6.07 Å². The second-order valence-corrected chi connectivity index (χ2v) is 6.14. The molecule has 4 N–H and O–H groups in total. The first kappa shape index (κ1) is 18.4. The summed E-state index contributed by atoms with van der Waals surface area (Å²) in [6, 6.07) is 14.5. The summed E-state index contributed by atoms with van der Waals surface area (Å²) in [5.41, 5.74) is 10.9. The van der Waals surface area contributed by atoms with E-state index >= 15 is 0 Å². The fourth-order valence-electron chi connectivity index (χ4n) is 2.59. The number of nitrogens with zero attached hydrogens (tertiary/aromatic N) is 2. The number of hydrazine groups is 1. The summed E-state index contributed by atoms with van der Waals surface area (Å²) in [5, 5.41) is 5.84. The number of halogens is 1.